The van der Waals surface area contributed by atoms with Gasteiger partial charge in [0.05, 0.1) is 15.7 Å². The van der Waals surface area contributed by atoms with Gasteiger partial charge in [0, 0.05) is 11.1 Å². The monoisotopic (exact) mass is 399 g/mol. The van der Waals surface area contributed by atoms with Crippen LogP contribution >= 0.6 is 23.2 Å². The van der Waals surface area contributed by atoms with Crippen molar-refractivity contribution in [2.75, 3.05) is 11.9 Å². The van der Waals surface area contributed by atoms with Gasteiger partial charge in [0.15, 0.2) is 6.54 Å². The van der Waals surface area contributed by atoms with Crippen molar-refractivity contribution in [2.45, 2.75) is 13.0 Å². The molecule has 0 aliphatic heterocycles. The number of carbonyl (C=O) groups is 1. The molecule has 0 spiro atoms. The lowest BCUT2D eigenvalue weighted by Gasteiger charge is -2.17. The zero-order valence-electron chi connectivity index (χ0n) is 15.0. The quantitative estimate of drug-likeness (QED) is 0.625. The molecule has 3 rings (SSSR count). The highest BCUT2D eigenvalue weighted by Gasteiger charge is 2.19. The summed E-state index contributed by atoms with van der Waals surface area (Å²) in [5.74, 6) is -0.155. The highest BCUT2D eigenvalue weighted by atomic mass is 35.5. The Labute approximate surface area is 169 Å². The first-order valence-electron chi connectivity index (χ1n) is 8.73. The van der Waals surface area contributed by atoms with E-state index in [2.05, 4.69) is 48.6 Å². The van der Waals surface area contributed by atoms with Crippen LogP contribution in [0.3, 0.4) is 0 Å². The van der Waals surface area contributed by atoms with Crippen molar-refractivity contribution in [2.24, 2.45) is 0 Å². The van der Waals surface area contributed by atoms with Crippen LogP contribution < -0.4 is 10.6 Å². The number of hydrogen-bond acceptors (Lipinski definition) is 1. The Morgan fingerprint density at radius 2 is 1.48 bits per heavy atom. The molecule has 0 fully saturated rings. The third-order valence-electron chi connectivity index (χ3n) is 4.36. The SMILES string of the molecule is Cc1ccc([C@@H]([NH2+]CC(=O)Nc2c(Cl)cccc2Cl)c2ccccc2)cc1. The van der Waals surface area contributed by atoms with Gasteiger partial charge in [0.2, 0.25) is 0 Å². The summed E-state index contributed by atoms with van der Waals surface area (Å²) in [4.78, 5) is 12.5. The minimum atomic E-state index is -0.155. The van der Waals surface area contributed by atoms with Crippen LogP contribution in [0.5, 0.6) is 0 Å². The molecule has 3 aromatic rings. The number of nitrogens with two attached hydrogens (primary N) is 1. The fourth-order valence-corrected chi connectivity index (χ4v) is 3.42. The standard InChI is InChI=1S/C22H20Cl2N2O/c1-15-10-12-17(13-11-15)21(16-6-3-2-4-7-16)25-14-20(27)26-22-18(23)8-5-9-19(22)24/h2-13,21,25H,14H2,1H3,(H,26,27)/p+1/t21-/m0/s1. The smallest absolute Gasteiger partial charge is 0.279 e. The van der Waals surface area contributed by atoms with Crippen molar-refractivity contribution < 1.29 is 10.1 Å². The first-order valence-corrected chi connectivity index (χ1v) is 9.49. The van der Waals surface area contributed by atoms with Gasteiger partial charge >= 0.3 is 0 Å². The molecule has 1 atom stereocenters. The summed E-state index contributed by atoms with van der Waals surface area (Å²) in [7, 11) is 0. The molecule has 3 N–H and O–H groups in total. The maximum absolute atomic E-state index is 12.5. The fraction of sp³-hybridized carbons (Fsp3) is 0.136. The molecule has 0 unspecified atom stereocenters. The van der Waals surface area contributed by atoms with Crippen LogP contribution in [0.4, 0.5) is 5.69 Å². The first kappa shape index (κ1) is 19.4. The lowest BCUT2D eigenvalue weighted by Crippen LogP contribution is -2.87. The second-order valence-corrected chi connectivity index (χ2v) is 7.20. The molecule has 0 aromatic heterocycles. The molecule has 0 aliphatic rings. The van der Waals surface area contributed by atoms with Crippen LogP contribution in [0.15, 0.2) is 72.8 Å². The summed E-state index contributed by atoms with van der Waals surface area (Å²) >= 11 is 12.3. The molecule has 5 heteroatoms. The molecule has 3 aromatic carbocycles. The predicted molar refractivity (Wildman–Crippen MR) is 111 cm³/mol. The van der Waals surface area contributed by atoms with Gasteiger partial charge in [-0.2, -0.15) is 0 Å². The molecule has 0 heterocycles. The lowest BCUT2D eigenvalue weighted by molar-refractivity contribution is -0.676. The number of anilines is 1. The fourth-order valence-electron chi connectivity index (χ4n) is 2.93. The topological polar surface area (TPSA) is 45.7 Å². The number of nitrogens with one attached hydrogen (secondary N) is 1. The molecule has 3 nitrogen and oxygen atoms in total. The van der Waals surface area contributed by atoms with Crippen LogP contribution in [0.1, 0.15) is 22.7 Å². The molecule has 27 heavy (non-hydrogen) atoms. The zero-order valence-corrected chi connectivity index (χ0v) is 16.5. The number of para-hydroxylation sites is 1. The Kier molecular flexibility index (Phi) is 6.51. The minimum Gasteiger partial charge on any atom is -0.328 e. The van der Waals surface area contributed by atoms with Crippen molar-refractivity contribution in [3.05, 3.63) is 99.5 Å². The van der Waals surface area contributed by atoms with Gasteiger partial charge in [-0.15, -0.1) is 0 Å². The van der Waals surface area contributed by atoms with Crippen molar-refractivity contribution in [3.8, 4) is 0 Å². The molecule has 0 saturated carbocycles. The van der Waals surface area contributed by atoms with Crippen LogP contribution in [0.25, 0.3) is 0 Å². The highest BCUT2D eigenvalue weighted by Crippen LogP contribution is 2.29. The van der Waals surface area contributed by atoms with E-state index in [1.54, 1.807) is 18.2 Å². The number of amides is 1. The van der Waals surface area contributed by atoms with E-state index in [1.165, 1.54) is 5.56 Å². The van der Waals surface area contributed by atoms with Gasteiger partial charge in [-0.25, -0.2) is 0 Å². The normalized spacial score (nSPS) is 11.8. The number of hydrogen-bond donors (Lipinski definition) is 2. The number of rotatable bonds is 6. The van der Waals surface area contributed by atoms with Crippen molar-refractivity contribution in [1.82, 2.24) is 0 Å². The summed E-state index contributed by atoms with van der Waals surface area (Å²) in [6.07, 6.45) is 0. The summed E-state index contributed by atoms with van der Waals surface area (Å²) in [6.45, 7) is 2.31. The molecule has 0 saturated heterocycles. The number of halogens is 2. The van der Waals surface area contributed by atoms with E-state index in [-0.39, 0.29) is 18.5 Å². The summed E-state index contributed by atoms with van der Waals surface area (Å²) < 4.78 is 0. The maximum Gasteiger partial charge on any atom is 0.279 e. The average molecular weight is 400 g/mol. The summed E-state index contributed by atoms with van der Waals surface area (Å²) in [5, 5.41) is 5.68. The summed E-state index contributed by atoms with van der Waals surface area (Å²) in [5.41, 5.74) is 3.95. The second-order valence-electron chi connectivity index (χ2n) is 6.38. The van der Waals surface area contributed by atoms with E-state index < -0.39 is 0 Å². The van der Waals surface area contributed by atoms with Gasteiger partial charge in [0.1, 0.15) is 6.04 Å². The van der Waals surface area contributed by atoms with E-state index >= 15 is 0 Å². The van der Waals surface area contributed by atoms with Crippen molar-refractivity contribution in [1.29, 1.82) is 0 Å². The van der Waals surface area contributed by atoms with Crippen molar-refractivity contribution in [3.63, 3.8) is 0 Å². The Morgan fingerprint density at radius 1 is 0.889 bits per heavy atom. The molecular weight excluding hydrogens is 379 g/mol. The first-order chi connectivity index (χ1) is 13.0. The predicted octanol–water partition coefficient (Wildman–Crippen LogP) is 4.59. The minimum absolute atomic E-state index is 0.0271. The van der Waals surface area contributed by atoms with Gasteiger partial charge in [-0.05, 0) is 19.1 Å². The highest BCUT2D eigenvalue weighted by molar-refractivity contribution is 6.39. The number of carbonyl (C=O) groups excluding carboxylic acids is 1. The molecule has 138 valence electrons. The third kappa shape index (κ3) is 5.10. The van der Waals surface area contributed by atoms with E-state index in [4.69, 9.17) is 23.2 Å². The van der Waals surface area contributed by atoms with E-state index in [1.807, 2.05) is 23.5 Å². The van der Waals surface area contributed by atoms with E-state index in [0.29, 0.717) is 15.7 Å². The Balaban J connectivity index is 1.75. The van der Waals surface area contributed by atoms with E-state index in [0.717, 1.165) is 11.1 Å². The third-order valence-corrected chi connectivity index (χ3v) is 4.99. The molecule has 0 bridgehead atoms. The molecule has 0 radical (unpaired) electrons. The largest absolute Gasteiger partial charge is 0.328 e. The van der Waals surface area contributed by atoms with Gasteiger partial charge in [-0.1, -0.05) is 89.4 Å². The lowest BCUT2D eigenvalue weighted by atomic mass is 9.98. The Hall–Kier alpha value is -2.33. The Morgan fingerprint density at radius 3 is 2.11 bits per heavy atom. The summed E-state index contributed by atoms with van der Waals surface area (Å²) in [6, 6.07) is 23.7. The number of quaternary nitrogens is 1. The van der Waals surface area contributed by atoms with Crippen LogP contribution in [-0.4, -0.2) is 12.5 Å². The Bertz CT molecular complexity index is 891. The number of benzene rings is 3. The molecule has 0 aliphatic carbocycles. The van der Waals surface area contributed by atoms with Crippen LogP contribution in [0, 0.1) is 6.92 Å². The average Bonchev–Trinajstić information content (AvgIpc) is 2.67. The zero-order chi connectivity index (χ0) is 19.2. The van der Waals surface area contributed by atoms with Crippen molar-refractivity contribution >= 4 is 34.8 Å². The van der Waals surface area contributed by atoms with Gasteiger partial charge in [0.25, 0.3) is 5.91 Å². The van der Waals surface area contributed by atoms with Gasteiger partial charge in [-0.3, -0.25) is 4.79 Å². The van der Waals surface area contributed by atoms with Crippen LogP contribution in [-0.2, 0) is 4.79 Å². The maximum atomic E-state index is 12.5. The number of aryl methyl sites for hydroxylation is 1. The molecule has 1 amide bonds. The van der Waals surface area contributed by atoms with E-state index in [9.17, 15) is 4.79 Å². The van der Waals surface area contributed by atoms with Crippen LogP contribution in [0.2, 0.25) is 10.0 Å². The molecular formula is C22H21Cl2N2O+. The van der Waals surface area contributed by atoms with Gasteiger partial charge < -0.3 is 10.6 Å². The second kappa shape index (κ2) is 9.05.